The minimum atomic E-state index is 0.0371. The molecule has 0 saturated heterocycles. The number of thiocarbonyl (C=S) groups is 1. The lowest BCUT2D eigenvalue weighted by Crippen LogP contribution is -2.14. The van der Waals surface area contributed by atoms with E-state index >= 15 is 0 Å². The first-order valence-corrected chi connectivity index (χ1v) is 6.15. The van der Waals surface area contributed by atoms with Crippen molar-refractivity contribution in [2.75, 3.05) is 5.32 Å². The molecule has 0 aliphatic carbocycles. The number of nitrogens with one attached hydrogen (secondary N) is 1. The van der Waals surface area contributed by atoms with Gasteiger partial charge in [0, 0.05) is 17.7 Å². The molecule has 0 aliphatic rings. The van der Waals surface area contributed by atoms with Gasteiger partial charge in [-0.15, -0.1) is 0 Å². The molecule has 0 aromatic heterocycles. The molecule has 0 heterocycles. The average molecular weight is 250 g/mol. The molecule has 3 N–H and O–H groups in total. The van der Waals surface area contributed by atoms with Gasteiger partial charge in [0.05, 0.1) is 0 Å². The maximum absolute atomic E-state index is 11.6. The lowest BCUT2D eigenvalue weighted by atomic mass is 10.1. The topological polar surface area (TPSA) is 55.1 Å². The zero-order valence-corrected chi connectivity index (χ0v) is 11.1. The van der Waals surface area contributed by atoms with Gasteiger partial charge in [0.15, 0.2) is 0 Å². The average Bonchev–Trinajstić information content (AvgIpc) is 2.29. The molecular weight excluding hydrogens is 232 g/mol. The predicted octanol–water partition coefficient (Wildman–Crippen LogP) is 2.76. The smallest absolute Gasteiger partial charge is 0.224 e. The second kappa shape index (κ2) is 6.35. The van der Waals surface area contributed by atoms with Gasteiger partial charge >= 0.3 is 0 Å². The van der Waals surface area contributed by atoms with E-state index in [1.54, 1.807) is 0 Å². The molecule has 1 amide bonds. The number of aryl methyl sites for hydroxylation is 1. The highest BCUT2D eigenvalue weighted by molar-refractivity contribution is 7.80. The second-order valence-corrected chi connectivity index (χ2v) is 4.49. The van der Waals surface area contributed by atoms with Gasteiger partial charge in [0.2, 0.25) is 5.91 Å². The summed E-state index contributed by atoms with van der Waals surface area (Å²) >= 11 is 4.91. The molecule has 0 unspecified atom stereocenters. The van der Waals surface area contributed by atoms with Crippen molar-refractivity contribution in [3.05, 3.63) is 29.3 Å². The summed E-state index contributed by atoms with van der Waals surface area (Å²) < 4.78 is 0. The van der Waals surface area contributed by atoms with E-state index in [-0.39, 0.29) is 5.91 Å². The molecule has 0 spiro atoms. The number of carbonyl (C=O) groups excluding carboxylic acids is 1. The van der Waals surface area contributed by atoms with Gasteiger partial charge in [0.1, 0.15) is 4.99 Å². The lowest BCUT2D eigenvalue weighted by Gasteiger charge is -2.10. The number of unbranched alkanes of at least 4 members (excludes halogenated alkanes) is 1. The number of hydrogen-bond acceptors (Lipinski definition) is 2. The summed E-state index contributed by atoms with van der Waals surface area (Å²) in [4.78, 5) is 12.0. The first-order chi connectivity index (χ1) is 8.04. The molecule has 0 radical (unpaired) electrons. The molecule has 1 aromatic rings. The summed E-state index contributed by atoms with van der Waals surface area (Å²) in [6, 6.07) is 5.59. The van der Waals surface area contributed by atoms with Crippen LogP contribution in [0.4, 0.5) is 5.69 Å². The van der Waals surface area contributed by atoms with Gasteiger partial charge in [0.25, 0.3) is 0 Å². The Morgan fingerprint density at radius 3 is 2.76 bits per heavy atom. The van der Waals surface area contributed by atoms with Crippen LogP contribution in [0.25, 0.3) is 0 Å². The van der Waals surface area contributed by atoms with Crippen LogP contribution in [-0.2, 0) is 4.79 Å². The molecule has 1 rings (SSSR count). The molecule has 0 saturated carbocycles. The third-order valence-corrected chi connectivity index (χ3v) is 2.79. The van der Waals surface area contributed by atoms with Crippen LogP contribution in [0.5, 0.6) is 0 Å². The maximum atomic E-state index is 11.6. The van der Waals surface area contributed by atoms with Crippen LogP contribution in [0.15, 0.2) is 18.2 Å². The number of benzene rings is 1. The molecular formula is C13H18N2OS. The normalized spacial score (nSPS) is 10.0. The van der Waals surface area contributed by atoms with E-state index in [2.05, 4.69) is 12.2 Å². The second-order valence-electron chi connectivity index (χ2n) is 4.05. The van der Waals surface area contributed by atoms with E-state index in [0.717, 1.165) is 29.7 Å². The molecule has 4 heteroatoms. The van der Waals surface area contributed by atoms with Crippen LogP contribution in [0.2, 0.25) is 0 Å². The number of anilines is 1. The number of nitrogens with two attached hydrogens (primary N) is 1. The first-order valence-electron chi connectivity index (χ1n) is 5.75. The van der Waals surface area contributed by atoms with Gasteiger partial charge in [-0.25, -0.2) is 0 Å². The molecule has 3 nitrogen and oxygen atoms in total. The van der Waals surface area contributed by atoms with Crippen molar-refractivity contribution in [3.8, 4) is 0 Å². The predicted molar refractivity (Wildman–Crippen MR) is 75.2 cm³/mol. The van der Waals surface area contributed by atoms with Crippen LogP contribution in [0.1, 0.15) is 37.3 Å². The van der Waals surface area contributed by atoms with Gasteiger partial charge in [-0.2, -0.15) is 0 Å². The van der Waals surface area contributed by atoms with Gasteiger partial charge in [-0.3, -0.25) is 4.79 Å². The van der Waals surface area contributed by atoms with Crippen molar-refractivity contribution in [2.24, 2.45) is 5.73 Å². The molecule has 1 aromatic carbocycles. The summed E-state index contributed by atoms with van der Waals surface area (Å²) in [6.07, 6.45) is 2.46. The summed E-state index contributed by atoms with van der Waals surface area (Å²) in [6.45, 7) is 4.00. The molecule has 17 heavy (non-hydrogen) atoms. The van der Waals surface area contributed by atoms with E-state index in [0.29, 0.717) is 11.4 Å². The summed E-state index contributed by atoms with van der Waals surface area (Å²) in [7, 11) is 0. The quantitative estimate of drug-likeness (QED) is 0.790. The van der Waals surface area contributed by atoms with Crippen LogP contribution in [0.3, 0.4) is 0 Å². The molecule has 0 aliphatic heterocycles. The highest BCUT2D eigenvalue weighted by Crippen LogP contribution is 2.17. The third-order valence-electron chi connectivity index (χ3n) is 2.55. The molecule has 0 atom stereocenters. The Morgan fingerprint density at radius 2 is 2.18 bits per heavy atom. The Balaban J connectivity index is 2.79. The van der Waals surface area contributed by atoms with Crippen molar-refractivity contribution < 1.29 is 4.79 Å². The van der Waals surface area contributed by atoms with Gasteiger partial charge in [-0.05, 0) is 25.0 Å². The highest BCUT2D eigenvalue weighted by atomic mass is 32.1. The number of amides is 1. The van der Waals surface area contributed by atoms with Crippen molar-refractivity contribution in [1.29, 1.82) is 0 Å². The lowest BCUT2D eigenvalue weighted by molar-refractivity contribution is -0.116. The van der Waals surface area contributed by atoms with Crippen LogP contribution >= 0.6 is 12.2 Å². The highest BCUT2D eigenvalue weighted by Gasteiger charge is 2.06. The summed E-state index contributed by atoms with van der Waals surface area (Å²) in [5, 5.41) is 2.89. The van der Waals surface area contributed by atoms with Gasteiger partial charge in [-0.1, -0.05) is 37.7 Å². The van der Waals surface area contributed by atoms with Crippen molar-refractivity contribution >= 4 is 28.8 Å². The van der Waals surface area contributed by atoms with Crippen LogP contribution < -0.4 is 11.1 Å². The zero-order chi connectivity index (χ0) is 12.8. The minimum absolute atomic E-state index is 0.0371. The molecule has 92 valence electrons. The molecule has 0 fully saturated rings. The Hall–Kier alpha value is -1.42. The molecule has 0 bridgehead atoms. The Labute approximate surface area is 107 Å². The van der Waals surface area contributed by atoms with E-state index in [1.165, 1.54) is 0 Å². The third kappa shape index (κ3) is 4.15. The van der Waals surface area contributed by atoms with E-state index in [4.69, 9.17) is 18.0 Å². The number of carbonyl (C=O) groups is 1. The Morgan fingerprint density at radius 1 is 1.47 bits per heavy atom. The van der Waals surface area contributed by atoms with Gasteiger partial charge < -0.3 is 11.1 Å². The largest absolute Gasteiger partial charge is 0.389 e. The van der Waals surface area contributed by atoms with Crippen LogP contribution in [0, 0.1) is 6.92 Å². The summed E-state index contributed by atoms with van der Waals surface area (Å²) in [5.74, 6) is 0.0371. The first kappa shape index (κ1) is 13.6. The fourth-order valence-corrected chi connectivity index (χ4v) is 1.59. The summed E-state index contributed by atoms with van der Waals surface area (Å²) in [5.41, 5.74) is 8.13. The maximum Gasteiger partial charge on any atom is 0.224 e. The Bertz CT molecular complexity index is 429. The standard InChI is InChI=1S/C13H18N2OS/c1-3-4-5-12(16)15-11-8-10(13(14)17)7-6-9(11)2/h6-8H,3-5H2,1-2H3,(H2,14,17)(H,15,16). The van der Waals surface area contributed by atoms with E-state index in [9.17, 15) is 4.79 Å². The Kier molecular flexibility index (Phi) is 5.10. The van der Waals surface area contributed by atoms with Crippen molar-refractivity contribution in [2.45, 2.75) is 33.1 Å². The number of hydrogen-bond donors (Lipinski definition) is 2. The monoisotopic (exact) mass is 250 g/mol. The number of rotatable bonds is 5. The zero-order valence-electron chi connectivity index (χ0n) is 10.2. The van der Waals surface area contributed by atoms with Crippen molar-refractivity contribution in [3.63, 3.8) is 0 Å². The van der Waals surface area contributed by atoms with E-state index in [1.807, 2.05) is 25.1 Å². The minimum Gasteiger partial charge on any atom is -0.389 e. The fourth-order valence-electron chi connectivity index (χ4n) is 1.46. The van der Waals surface area contributed by atoms with E-state index < -0.39 is 0 Å². The van der Waals surface area contributed by atoms with Crippen LogP contribution in [-0.4, -0.2) is 10.9 Å². The van der Waals surface area contributed by atoms with Crippen molar-refractivity contribution in [1.82, 2.24) is 0 Å². The SMILES string of the molecule is CCCCC(=O)Nc1cc(C(N)=S)ccc1C. The fraction of sp³-hybridized carbons (Fsp3) is 0.385.